The number of hydrogen-bond acceptors (Lipinski definition) is 4. The summed E-state index contributed by atoms with van der Waals surface area (Å²) < 4.78 is 7.60. The lowest BCUT2D eigenvalue weighted by molar-refractivity contribution is 0.198. The third-order valence-corrected chi connectivity index (χ3v) is 6.31. The molecule has 1 aromatic carbocycles. The summed E-state index contributed by atoms with van der Waals surface area (Å²) in [5, 5.41) is 4.62. The van der Waals surface area contributed by atoms with Gasteiger partial charge in [0.15, 0.2) is 0 Å². The third-order valence-electron chi connectivity index (χ3n) is 6.31. The van der Waals surface area contributed by atoms with Gasteiger partial charge in [0.05, 0.1) is 12.8 Å². The number of rotatable bonds is 7. The van der Waals surface area contributed by atoms with E-state index in [-0.39, 0.29) is 0 Å². The molecule has 0 unspecified atom stereocenters. The van der Waals surface area contributed by atoms with E-state index in [0.717, 1.165) is 49.7 Å². The minimum Gasteiger partial charge on any atom is -0.496 e. The highest BCUT2D eigenvalue weighted by Gasteiger charge is 2.24. The van der Waals surface area contributed by atoms with Crippen molar-refractivity contribution in [2.45, 2.75) is 59.0 Å². The zero-order valence-corrected chi connectivity index (χ0v) is 19.3. The predicted octanol–water partition coefficient (Wildman–Crippen LogP) is 4.89. The average molecular weight is 419 g/mol. The Morgan fingerprint density at radius 2 is 1.97 bits per heavy atom. The summed E-state index contributed by atoms with van der Waals surface area (Å²) in [6.07, 6.45) is 5.48. The highest BCUT2D eigenvalue weighted by Crippen LogP contribution is 2.29. The lowest BCUT2D eigenvalue weighted by Gasteiger charge is -2.32. The molecule has 164 valence electrons. The van der Waals surface area contributed by atoms with Crippen molar-refractivity contribution >= 4 is 0 Å². The van der Waals surface area contributed by atoms with Gasteiger partial charge in [-0.05, 0) is 69.5 Å². The standard InChI is InChI=1S/C26H34N4O/c1-5-30-18-24(20(3)28-30)17-29-12-8-10-23(16-29)25-15-21(13-19(2)27-25)14-22-9-6-7-11-26(22)31-4/h6-7,9,11,13,15,18,23H,5,8,10,12,14,16-17H2,1-4H3/t23-/m1/s1. The molecule has 3 heterocycles. The fraction of sp³-hybridized carbons (Fsp3) is 0.462. The van der Waals surface area contributed by atoms with Gasteiger partial charge in [-0.2, -0.15) is 5.10 Å². The molecule has 0 amide bonds. The Morgan fingerprint density at radius 1 is 1.13 bits per heavy atom. The van der Waals surface area contributed by atoms with E-state index in [1.165, 1.54) is 35.2 Å². The van der Waals surface area contributed by atoms with E-state index in [4.69, 9.17) is 9.72 Å². The van der Waals surface area contributed by atoms with Gasteiger partial charge >= 0.3 is 0 Å². The number of benzene rings is 1. The number of piperidine rings is 1. The molecule has 5 heteroatoms. The number of aryl methyl sites for hydroxylation is 3. The summed E-state index contributed by atoms with van der Waals surface area (Å²) in [7, 11) is 1.74. The van der Waals surface area contributed by atoms with Crippen LogP contribution < -0.4 is 4.74 Å². The first-order valence-corrected chi connectivity index (χ1v) is 11.4. The molecule has 3 aromatic rings. The van der Waals surface area contributed by atoms with Crippen LogP contribution in [-0.2, 0) is 19.5 Å². The Balaban J connectivity index is 1.50. The molecular formula is C26H34N4O. The van der Waals surface area contributed by atoms with Gasteiger partial charge < -0.3 is 4.74 Å². The number of nitrogens with zero attached hydrogens (tertiary/aromatic N) is 4. The first-order valence-electron chi connectivity index (χ1n) is 11.4. The molecule has 0 aliphatic carbocycles. The predicted molar refractivity (Wildman–Crippen MR) is 125 cm³/mol. The molecule has 31 heavy (non-hydrogen) atoms. The monoisotopic (exact) mass is 418 g/mol. The molecule has 1 atom stereocenters. The molecule has 0 spiro atoms. The summed E-state index contributed by atoms with van der Waals surface area (Å²) in [5.41, 5.74) is 7.35. The van der Waals surface area contributed by atoms with E-state index in [2.05, 4.69) is 61.2 Å². The Kier molecular flexibility index (Phi) is 6.71. The highest BCUT2D eigenvalue weighted by molar-refractivity contribution is 5.38. The molecule has 1 aliphatic rings. The molecule has 4 rings (SSSR count). The van der Waals surface area contributed by atoms with Crippen LogP contribution >= 0.6 is 0 Å². The zero-order valence-electron chi connectivity index (χ0n) is 19.3. The smallest absolute Gasteiger partial charge is 0.122 e. The fourth-order valence-corrected chi connectivity index (χ4v) is 4.71. The molecular weight excluding hydrogens is 384 g/mol. The number of para-hydroxylation sites is 1. The van der Waals surface area contributed by atoms with Gasteiger partial charge in [0, 0.05) is 55.1 Å². The first-order chi connectivity index (χ1) is 15.1. The van der Waals surface area contributed by atoms with Crippen molar-refractivity contribution < 1.29 is 4.74 Å². The Bertz CT molecular complexity index is 1030. The lowest BCUT2D eigenvalue weighted by Crippen LogP contribution is -2.34. The molecule has 1 fully saturated rings. The van der Waals surface area contributed by atoms with E-state index >= 15 is 0 Å². The van der Waals surface area contributed by atoms with Crippen LogP contribution in [0.4, 0.5) is 0 Å². The Morgan fingerprint density at radius 3 is 2.74 bits per heavy atom. The van der Waals surface area contributed by atoms with Crippen molar-refractivity contribution in [1.29, 1.82) is 0 Å². The summed E-state index contributed by atoms with van der Waals surface area (Å²) in [5.74, 6) is 1.43. The topological polar surface area (TPSA) is 43.2 Å². The quantitative estimate of drug-likeness (QED) is 0.548. The van der Waals surface area contributed by atoms with Gasteiger partial charge in [-0.1, -0.05) is 18.2 Å². The number of aromatic nitrogens is 3. The lowest BCUT2D eigenvalue weighted by atomic mass is 9.92. The molecule has 0 radical (unpaired) electrons. The van der Waals surface area contributed by atoms with Crippen LogP contribution in [0.15, 0.2) is 42.6 Å². The van der Waals surface area contributed by atoms with Gasteiger partial charge in [0.1, 0.15) is 5.75 Å². The van der Waals surface area contributed by atoms with Gasteiger partial charge in [0.2, 0.25) is 0 Å². The normalized spacial score (nSPS) is 17.1. The Hall–Kier alpha value is -2.66. The van der Waals surface area contributed by atoms with Crippen LogP contribution in [0.5, 0.6) is 5.75 Å². The van der Waals surface area contributed by atoms with Crippen molar-refractivity contribution in [2.24, 2.45) is 0 Å². The maximum absolute atomic E-state index is 5.56. The van der Waals surface area contributed by atoms with Crippen LogP contribution in [0.25, 0.3) is 0 Å². The number of likely N-dealkylation sites (tertiary alicyclic amines) is 1. The van der Waals surface area contributed by atoms with Crippen molar-refractivity contribution in [2.75, 3.05) is 20.2 Å². The van der Waals surface area contributed by atoms with E-state index < -0.39 is 0 Å². The fourth-order valence-electron chi connectivity index (χ4n) is 4.71. The van der Waals surface area contributed by atoms with Crippen LogP contribution in [0.2, 0.25) is 0 Å². The minimum absolute atomic E-state index is 0.478. The number of ether oxygens (including phenoxy) is 1. The van der Waals surface area contributed by atoms with Crippen molar-refractivity contribution in [3.05, 3.63) is 76.4 Å². The van der Waals surface area contributed by atoms with E-state index in [1.807, 2.05) is 16.8 Å². The molecule has 0 bridgehead atoms. The first kappa shape index (κ1) is 21.6. The summed E-state index contributed by atoms with van der Waals surface area (Å²) in [6, 6.07) is 12.8. The maximum Gasteiger partial charge on any atom is 0.122 e. The average Bonchev–Trinajstić information content (AvgIpc) is 3.13. The van der Waals surface area contributed by atoms with Crippen LogP contribution in [0.1, 0.15) is 59.5 Å². The van der Waals surface area contributed by atoms with E-state index in [0.29, 0.717) is 5.92 Å². The second-order valence-electron chi connectivity index (χ2n) is 8.70. The molecule has 1 aliphatic heterocycles. The molecule has 0 N–H and O–H groups in total. The number of methoxy groups -OCH3 is 1. The minimum atomic E-state index is 0.478. The largest absolute Gasteiger partial charge is 0.496 e. The zero-order chi connectivity index (χ0) is 21.8. The number of pyridine rings is 1. The van der Waals surface area contributed by atoms with E-state index in [1.54, 1.807) is 7.11 Å². The second kappa shape index (κ2) is 9.65. The molecule has 5 nitrogen and oxygen atoms in total. The van der Waals surface area contributed by atoms with Gasteiger partial charge in [-0.25, -0.2) is 0 Å². The van der Waals surface area contributed by atoms with Gasteiger partial charge in [-0.3, -0.25) is 14.6 Å². The maximum atomic E-state index is 5.56. The van der Waals surface area contributed by atoms with Crippen LogP contribution in [0, 0.1) is 13.8 Å². The van der Waals surface area contributed by atoms with Crippen molar-refractivity contribution in [1.82, 2.24) is 19.7 Å². The SMILES string of the molecule is CCn1cc(CN2CCC[C@@H](c3cc(Cc4ccccc4OC)cc(C)n3)C2)c(C)n1. The molecule has 2 aromatic heterocycles. The molecule has 1 saturated heterocycles. The molecule has 0 saturated carbocycles. The van der Waals surface area contributed by atoms with Gasteiger partial charge in [-0.15, -0.1) is 0 Å². The van der Waals surface area contributed by atoms with Crippen molar-refractivity contribution in [3.63, 3.8) is 0 Å². The number of hydrogen-bond donors (Lipinski definition) is 0. The summed E-state index contributed by atoms with van der Waals surface area (Å²) in [6.45, 7) is 10.5. The summed E-state index contributed by atoms with van der Waals surface area (Å²) >= 11 is 0. The Labute approximate surface area is 186 Å². The third kappa shape index (κ3) is 5.16. The van der Waals surface area contributed by atoms with Crippen molar-refractivity contribution in [3.8, 4) is 5.75 Å². The second-order valence-corrected chi connectivity index (χ2v) is 8.70. The van der Waals surface area contributed by atoms with Crippen LogP contribution in [0.3, 0.4) is 0 Å². The summed E-state index contributed by atoms with van der Waals surface area (Å²) in [4.78, 5) is 7.52. The van der Waals surface area contributed by atoms with E-state index in [9.17, 15) is 0 Å². The highest BCUT2D eigenvalue weighted by atomic mass is 16.5. The van der Waals surface area contributed by atoms with Gasteiger partial charge in [0.25, 0.3) is 0 Å². The van der Waals surface area contributed by atoms with Crippen LogP contribution in [-0.4, -0.2) is 39.9 Å².